The number of benzene rings is 1. The number of hydrogen-bond donors (Lipinski definition) is 0. The quantitative estimate of drug-likeness (QED) is 0.488. The molecule has 20 heavy (non-hydrogen) atoms. The van der Waals surface area contributed by atoms with E-state index in [2.05, 4.69) is 9.97 Å². The summed E-state index contributed by atoms with van der Waals surface area (Å²) in [7, 11) is 0. The van der Waals surface area contributed by atoms with Gasteiger partial charge in [-0.2, -0.15) is 0 Å². The fourth-order valence-electron chi connectivity index (χ4n) is 1.84. The molecule has 0 saturated carbocycles. The van der Waals surface area contributed by atoms with Gasteiger partial charge in [0, 0.05) is 17.0 Å². The van der Waals surface area contributed by atoms with Crippen LogP contribution in [0.1, 0.15) is 32.9 Å². The molecule has 0 radical (unpaired) electrons. The first-order valence-electron chi connectivity index (χ1n) is 6.52. The summed E-state index contributed by atoms with van der Waals surface area (Å²) < 4.78 is 0. The molecular formula is C16H18N2OS. The number of nitrogens with zero attached hydrogens (tertiary/aromatic N) is 2. The van der Waals surface area contributed by atoms with Crippen LogP contribution in [0.5, 0.6) is 0 Å². The number of carbonyl (C=O) groups excluding carboxylic acids is 1. The maximum absolute atomic E-state index is 12.1. The summed E-state index contributed by atoms with van der Waals surface area (Å²) in [5.41, 5.74) is 4.91. The molecule has 0 amide bonds. The summed E-state index contributed by atoms with van der Waals surface area (Å²) in [5.74, 6) is 0.476. The molecule has 1 heterocycles. The van der Waals surface area contributed by atoms with Crippen LogP contribution in [0.4, 0.5) is 0 Å². The first kappa shape index (κ1) is 14.7. The van der Waals surface area contributed by atoms with Crippen LogP contribution in [0, 0.1) is 27.7 Å². The zero-order valence-electron chi connectivity index (χ0n) is 12.2. The maximum Gasteiger partial charge on any atom is 0.188 e. The molecular weight excluding hydrogens is 268 g/mol. The third kappa shape index (κ3) is 3.45. The zero-order chi connectivity index (χ0) is 14.7. The molecule has 0 saturated heterocycles. The minimum Gasteiger partial charge on any atom is -0.293 e. The van der Waals surface area contributed by atoms with Crippen LogP contribution in [-0.4, -0.2) is 21.5 Å². The van der Waals surface area contributed by atoms with E-state index in [9.17, 15) is 4.79 Å². The standard InChI is InChI=1S/C16H18N2OS/c1-10-6-5-7-14(8-10)15(19)9-20-16-17-12(3)11(2)13(4)18-16/h5-8H,9H2,1-4H3. The van der Waals surface area contributed by atoms with Crippen molar-refractivity contribution in [2.45, 2.75) is 32.9 Å². The Labute approximate surface area is 123 Å². The van der Waals surface area contributed by atoms with Crippen molar-refractivity contribution >= 4 is 17.5 Å². The van der Waals surface area contributed by atoms with Gasteiger partial charge in [-0.25, -0.2) is 9.97 Å². The van der Waals surface area contributed by atoms with Gasteiger partial charge >= 0.3 is 0 Å². The number of Topliss-reactive ketones (excluding diaryl/α,β-unsaturated/α-hetero) is 1. The Morgan fingerprint density at radius 2 is 1.75 bits per heavy atom. The molecule has 1 aromatic heterocycles. The number of ketones is 1. The van der Waals surface area contributed by atoms with Crippen LogP contribution in [0.2, 0.25) is 0 Å². The van der Waals surface area contributed by atoms with Crippen LogP contribution >= 0.6 is 11.8 Å². The zero-order valence-corrected chi connectivity index (χ0v) is 13.0. The second-order valence-corrected chi connectivity index (χ2v) is 5.83. The van der Waals surface area contributed by atoms with Crippen molar-refractivity contribution in [1.82, 2.24) is 9.97 Å². The molecule has 2 aromatic rings. The van der Waals surface area contributed by atoms with E-state index in [0.717, 1.165) is 28.1 Å². The lowest BCUT2D eigenvalue weighted by molar-refractivity contribution is 0.102. The highest BCUT2D eigenvalue weighted by Crippen LogP contribution is 2.18. The van der Waals surface area contributed by atoms with E-state index in [0.29, 0.717) is 10.9 Å². The molecule has 4 heteroatoms. The van der Waals surface area contributed by atoms with E-state index in [1.54, 1.807) is 0 Å². The molecule has 0 atom stereocenters. The third-order valence-electron chi connectivity index (χ3n) is 3.28. The minimum absolute atomic E-state index is 0.109. The van der Waals surface area contributed by atoms with E-state index in [-0.39, 0.29) is 5.78 Å². The van der Waals surface area contributed by atoms with Gasteiger partial charge < -0.3 is 0 Å². The van der Waals surface area contributed by atoms with Gasteiger partial charge in [0.1, 0.15) is 0 Å². The highest BCUT2D eigenvalue weighted by molar-refractivity contribution is 7.99. The van der Waals surface area contributed by atoms with Crippen LogP contribution in [0.25, 0.3) is 0 Å². The number of aryl methyl sites for hydroxylation is 3. The molecule has 0 aliphatic rings. The van der Waals surface area contributed by atoms with Crippen molar-refractivity contribution in [3.05, 3.63) is 52.3 Å². The van der Waals surface area contributed by atoms with Gasteiger partial charge in [0.2, 0.25) is 0 Å². The van der Waals surface area contributed by atoms with Gasteiger partial charge in [0.15, 0.2) is 10.9 Å². The van der Waals surface area contributed by atoms with Crippen molar-refractivity contribution in [2.75, 3.05) is 5.75 Å². The predicted octanol–water partition coefficient (Wildman–Crippen LogP) is 3.69. The molecule has 0 N–H and O–H groups in total. The van der Waals surface area contributed by atoms with E-state index in [4.69, 9.17) is 0 Å². The fourth-order valence-corrected chi connectivity index (χ4v) is 2.67. The van der Waals surface area contributed by atoms with Crippen molar-refractivity contribution in [2.24, 2.45) is 0 Å². The van der Waals surface area contributed by atoms with Gasteiger partial charge in [0.05, 0.1) is 5.75 Å². The normalized spacial score (nSPS) is 10.6. The molecule has 0 fully saturated rings. The van der Waals surface area contributed by atoms with Crippen LogP contribution in [0.3, 0.4) is 0 Å². The highest BCUT2D eigenvalue weighted by Gasteiger charge is 2.10. The molecule has 3 nitrogen and oxygen atoms in total. The van der Waals surface area contributed by atoms with E-state index >= 15 is 0 Å². The average Bonchev–Trinajstić information content (AvgIpc) is 2.42. The van der Waals surface area contributed by atoms with Gasteiger partial charge in [-0.3, -0.25) is 4.79 Å². The Balaban J connectivity index is 2.07. The van der Waals surface area contributed by atoms with Crippen molar-refractivity contribution in [3.8, 4) is 0 Å². The third-order valence-corrected chi connectivity index (χ3v) is 4.13. The van der Waals surface area contributed by atoms with E-state index in [1.165, 1.54) is 11.8 Å². The lowest BCUT2D eigenvalue weighted by atomic mass is 10.1. The molecule has 0 spiro atoms. The SMILES string of the molecule is Cc1cccc(C(=O)CSc2nc(C)c(C)c(C)n2)c1. The smallest absolute Gasteiger partial charge is 0.188 e. The molecule has 0 bridgehead atoms. The van der Waals surface area contributed by atoms with E-state index < -0.39 is 0 Å². The molecule has 0 aliphatic carbocycles. The summed E-state index contributed by atoms with van der Waals surface area (Å²) in [4.78, 5) is 21.0. The van der Waals surface area contributed by atoms with Crippen LogP contribution in [-0.2, 0) is 0 Å². The number of rotatable bonds is 4. The number of carbonyl (C=O) groups is 1. The average molecular weight is 286 g/mol. The van der Waals surface area contributed by atoms with Crippen LogP contribution < -0.4 is 0 Å². The Hall–Kier alpha value is -1.68. The molecule has 2 rings (SSSR count). The van der Waals surface area contributed by atoms with Crippen molar-refractivity contribution < 1.29 is 4.79 Å². The molecule has 0 unspecified atom stereocenters. The Morgan fingerprint density at radius 1 is 1.10 bits per heavy atom. The molecule has 0 aliphatic heterocycles. The monoisotopic (exact) mass is 286 g/mol. The minimum atomic E-state index is 0.109. The first-order valence-corrected chi connectivity index (χ1v) is 7.50. The van der Waals surface area contributed by atoms with Crippen LogP contribution in [0.15, 0.2) is 29.4 Å². The largest absolute Gasteiger partial charge is 0.293 e. The summed E-state index contributed by atoms with van der Waals surface area (Å²) in [6.45, 7) is 7.93. The van der Waals surface area contributed by atoms with Crippen molar-refractivity contribution in [1.29, 1.82) is 0 Å². The summed E-state index contributed by atoms with van der Waals surface area (Å²) >= 11 is 1.39. The number of thioether (sulfide) groups is 1. The van der Waals surface area contributed by atoms with Gasteiger partial charge in [-0.1, -0.05) is 35.5 Å². The van der Waals surface area contributed by atoms with Crippen molar-refractivity contribution in [3.63, 3.8) is 0 Å². The Morgan fingerprint density at radius 3 is 2.35 bits per heavy atom. The first-order chi connectivity index (χ1) is 9.47. The predicted molar refractivity (Wildman–Crippen MR) is 82.5 cm³/mol. The summed E-state index contributed by atoms with van der Waals surface area (Å²) in [6.07, 6.45) is 0. The number of hydrogen-bond acceptors (Lipinski definition) is 4. The lowest BCUT2D eigenvalue weighted by Gasteiger charge is -2.06. The fraction of sp³-hybridized carbons (Fsp3) is 0.312. The van der Waals surface area contributed by atoms with Gasteiger partial charge in [0.25, 0.3) is 0 Å². The summed E-state index contributed by atoms with van der Waals surface area (Å²) in [6, 6.07) is 7.65. The van der Waals surface area contributed by atoms with E-state index in [1.807, 2.05) is 52.0 Å². The molecule has 1 aromatic carbocycles. The van der Waals surface area contributed by atoms with Gasteiger partial charge in [-0.05, 0) is 39.3 Å². The second-order valence-electron chi connectivity index (χ2n) is 4.88. The summed E-state index contributed by atoms with van der Waals surface area (Å²) in [5, 5.41) is 0.673. The Kier molecular flexibility index (Phi) is 4.55. The Bertz CT molecular complexity index is 630. The second kappa shape index (κ2) is 6.18. The number of aromatic nitrogens is 2. The molecule has 104 valence electrons. The lowest BCUT2D eigenvalue weighted by Crippen LogP contribution is -2.05. The highest BCUT2D eigenvalue weighted by atomic mass is 32.2. The van der Waals surface area contributed by atoms with Gasteiger partial charge in [-0.15, -0.1) is 0 Å². The topological polar surface area (TPSA) is 42.9 Å². The maximum atomic E-state index is 12.1.